The van der Waals surface area contributed by atoms with Crippen LogP contribution in [-0.2, 0) is 11.3 Å². The number of hydrogen-bond donors (Lipinski definition) is 1. The number of nitrogens with one attached hydrogen (secondary N) is 1. The highest BCUT2D eigenvalue weighted by atomic mass is 16.3. The van der Waals surface area contributed by atoms with Crippen molar-refractivity contribution < 1.29 is 9.21 Å². The van der Waals surface area contributed by atoms with Gasteiger partial charge in [-0.3, -0.25) is 4.79 Å². The Morgan fingerprint density at radius 1 is 1.57 bits per heavy atom. The zero-order chi connectivity index (χ0) is 10.4. The standard InChI is InChI=1S/C10H16N2O2/c1-12(2)10(13)3-5-11-7-9-4-6-14-8-9/h4,6,8,11H,3,5,7H2,1-2H3. The molecule has 0 spiro atoms. The molecule has 0 aliphatic heterocycles. The van der Waals surface area contributed by atoms with Gasteiger partial charge >= 0.3 is 0 Å². The van der Waals surface area contributed by atoms with Crippen LogP contribution in [0.2, 0.25) is 0 Å². The highest BCUT2D eigenvalue weighted by Gasteiger charge is 2.02. The Bertz CT molecular complexity index is 268. The first-order chi connectivity index (χ1) is 6.70. The fourth-order valence-corrected chi connectivity index (χ4v) is 1.04. The van der Waals surface area contributed by atoms with Crippen LogP contribution in [0.25, 0.3) is 0 Å². The molecule has 0 saturated heterocycles. The van der Waals surface area contributed by atoms with E-state index in [-0.39, 0.29) is 5.91 Å². The molecule has 0 bridgehead atoms. The summed E-state index contributed by atoms with van der Waals surface area (Å²) in [7, 11) is 3.52. The van der Waals surface area contributed by atoms with E-state index in [1.807, 2.05) is 6.07 Å². The van der Waals surface area contributed by atoms with Crippen molar-refractivity contribution in [2.45, 2.75) is 13.0 Å². The van der Waals surface area contributed by atoms with Gasteiger partial charge in [-0.1, -0.05) is 0 Å². The fourth-order valence-electron chi connectivity index (χ4n) is 1.04. The SMILES string of the molecule is CN(C)C(=O)CCNCc1ccoc1. The summed E-state index contributed by atoms with van der Waals surface area (Å²) in [6.45, 7) is 1.44. The summed E-state index contributed by atoms with van der Waals surface area (Å²) in [4.78, 5) is 12.8. The van der Waals surface area contributed by atoms with Gasteiger partial charge in [-0.05, 0) is 6.07 Å². The molecule has 0 unspecified atom stereocenters. The van der Waals surface area contributed by atoms with E-state index in [0.29, 0.717) is 13.0 Å². The minimum Gasteiger partial charge on any atom is -0.472 e. The summed E-state index contributed by atoms with van der Waals surface area (Å²) in [6.07, 6.45) is 3.87. The lowest BCUT2D eigenvalue weighted by Gasteiger charge is -2.09. The van der Waals surface area contributed by atoms with Crippen molar-refractivity contribution in [2.75, 3.05) is 20.6 Å². The van der Waals surface area contributed by atoms with Crippen molar-refractivity contribution >= 4 is 5.91 Å². The van der Waals surface area contributed by atoms with Gasteiger partial charge in [-0.25, -0.2) is 0 Å². The van der Waals surface area contributed by atoms with Crippen LogP contribution >= 0.6 is 0 Å². The average molecular weight is 196 g/mol. The van der Waals surface area contributed by atoms with Crippen LogP contribution in [0, 0.1) is 0 Å². The first kappa shape index (κ1) is 10.8. The largest absolute Gasteiger partial charge is 0.472 e. The van der Waals surface area contributed by atoms with Crippen molar-refractivity contribution in [1.82, 2.24) is 10.2 Å². The quantitative estimate of drug-likeness (QED) is 0.710. The average Bonchev–Trinajstić information content (AvgIpc) is 2.64. The highest BCUT2D eigenvalue weighted by Crippen LogP contribution is 1.98. The molecule has 0 fully saturated rings. The van der Waals surface area contributed by atoms with Crippen LogP contribution < -0.4 is 5.32 Å². The van der Waals surface area contributed by atoms with Crippen LogP contribution in [0.1, 0.15) is 12.0 Å². The molecule has 0 aliphatic carbocycles. The third-order valence-corrected chi connectivity index (χ3v) is 1.92. The molecule has 1 heterocycles. The second kappa shape index (κ2) is 5.44. The lowest BCUT2D eigenvalue weighted by Crippen LogP contribution is -2.26. The normalized spacial score (nSPS) is 10.1. The first-order valence-electron chi connectivity index (χ1n) is 4.62. The molecule has 0 atom stereocenters. The van der Waals surface area contributed by atoms with Crippen LogP contribution in [-0.4, -0.2) is 31.4 Å². The minimum atomic E-state index is 0.143. The van der Waals surface area contributed by atoms with Crippen LogP contribution in [0.3, 0.4) is 0 Å². The second-order valence-electron chi connectivity index (χ2n) is 3.35. The Hall–Kier alpha value is -1.29. The Balaban J connectivity index is 2.08. The van der Waals surface area contributed by atoms with Crippen molar-refractivity contribution in [2.24, 2.45) is 0 Å². The van der Waals surface area contributed by atoms with E-state index in [9.17, 15) is 4.79 Å². The molecule has 4 nitrogen and oxygen atoms in total. The molecule has 14 heavy (non-hydrogen) atoms. The fraction of sp³-hybridized carbons (Fsp3) is 0.500. The summed E-state index contributed by atoms with van der Waals surface area (Å²) in [5.74, 6) is 0.143. The van der Waals surface area contributed by atoms with Crippen molar-refractivity contribution in [3.05, 3.63) is 24.2 Å². The number of hydrogen-bond acceptors (Lipinski definition) is 3. The van der Waals surface area contributed by atoms with Gasteiger partial charge in [0.2, 0.25) is 5.91 Å². The summed E-state index contributed by atoms with van der Waals surface area (Å²) < 4.78 is 4.92. The van der Waals surface area contributed by atoms with Crippen molar-refractivity contribution in [3.63, 3.8) is 0 Å². The lowest BCUT2D eigenvalue weighted by atomic mass is 10.3. The van der Waals surface area contributed by atoms with Gasteiger partial charge in [0.25, 0.3) is 0 Å². The number of carbonyl (C=O) groups is 1. The van der Waals surface area contributed by atoms with Crippen LogP contribution in [0.15, 0.2) is 23.0 Å². The summed E-state index contributed by atoms with van der Waals surface area (Å²) in [6, 6.07) is 1.90. The number of carbonyl (C=O) groups excluding carboxylic acids is 1. The molecule has 1 aromatic heterocycles. The third kappa shape index (κ3) is 3.62. The van der Waals surface area contributed by atoms with Gasteiger partial charge in [0, 0.05) is 39.2 Å². The first-order valence-corrected chi connectivity index (χ1v) is 4.62. The number of furan rings is 1. The molecule has 1 aromatic rings. The third-order valence-electron chi connectivity index (χ3n) is 1.92. The molecule has 0 radical (unpaired) electrons. The molecular weight excluding hydrogens is 180 g/mol. The number of rotatable bonds is 5. The van der Waals surface area contributed by atoms with Crippen molar-refractivity contribution in [3.8, 4) is 0 Å². The highest BCUT2D eigenvalue weighted by molar-refractivity contribution is 5.75. The van der Waals surface area contributed by atoms with E-state index < -0.39 is 0 Å². The zero-order valence-corrected chi connectivity index (χ0v) is 8.62. The van der Waals surface area contributed by atoms with Crippen LogP contribution in [0.5, 0.6) is 0 Å². The molecule has 1 amide bonds. The maximum atomic E-state index is 11.2. The molecule has 1 rings (SSSR count). The van der Waals surface area contributed by atoms with Gasteiger partial charge in [0.1, 0.15) is 0 Å². The molecule has 0 aliphatic rings. The van der Waals surface area contributed by atoms with Crippen molar-refractivity contribution in [1.29, 1.82) is 0 Å². The maximum Gasteiger partial charge on any atom is 0.223 e. The molecule has 1 N–H and O–H groups in total. The van der Waals surface area contributed by atoms with Crippen LogP contribution in [0.4, 0.5) is 0 Å². The van der Waals surface area contributed by atoms with E-state index in [1.54, 1.807) is 31.5 Å². The summed E-state index contributed by atoms with van der Waals surface area (Å²) >= 11 is 0. The minimum absolute atomic E-state index is 0.143. The number of nitrogens with zero attached hydrogens (tertiary/aromatic N) is 1. The molecule has 4 heteroatoms. The van der Waals surface area contributed by atoms with Gasteiger partial charge in [0.05, 0.1) is 12.5 Å². The molecule has 0 saturated carbocycles. The van der Waals surface area contributed by atoms with E-state index >= 15 is 0 Å². The van der Waals surface area contributed by atoms with Gasteiger partial charge in [-0.2, -0.15) is 0 Å². The second-order valence-corrected chi connectivity index (χ2v) is 3.35. The summed E-state index contributed by atoms with van der Waals surface area (Å²) in [5.41, 5.74) is 1.10. The molecule has 0 aromatic carbocycles. The smallest absolute Gasteiger partial charge is 0.223 e. The van der Waals surface area contributed by atoms with Gasteiger partial charge in [0.15, 0.2) is 0 Å². The predicted octanol–water partition coefficient (Wildman–Crippen LogP) is 0.847. The summed E-state index contributed by atoms with van der Waals surface area (Å²) in [5, 5.41) is 3.17. The monoisotopic (exact) mass is 196 g/mol. The Morgan fingerprint density at radius 2 is 2.36 bits per heavy atom. The Labute approximate surface area is 83.9 Å². The molecular formula is C10H16N2O2. The topological polar surface area (TPSA) is 45.5 Å². The zero-order valence-electron chi connectivity index (χ0n) is 8.62. The van der Waals surface area contributed by atoms with Gasteiger partial charge in [-0.15, -0.1) is 0 Å². The predicted molar refractivity (Wildman–Crippen MR) is 53.7 cm³/mol. The van der Waals surface area contributed by atoms with E-state index in [4.69, 9.17) is 4.42 Å². The van der Waals surface area contributed by atoms with E-state index in [1.165, 1.54) is 0 Å². The Kier molecular flexibility index (Phi) is 4.19. The van der Waals surface area contributed by atoms with E-state index in [2.05, 4.69) is 5.32 Å². The van der Waals surface area contributed by atoms with E-state index in [0.717, 1.165) is 12.1 Å². The maximum absolute atomic E-state index is 11.2. The van der Waals surface area contributed by atoms with Gasteiger partial charge < -0.3 is 14.6 Å². The number of amides is 1. The lowest BCUT2D eigenvalue weighted by molar-refractivity contribution is -0.128. The Morgan fingerprint density at radius 3 is 2.93 bits per heavy atom. The molecule has 78 valence electrons.